The summed E-state index contributed by atoms with van der Waals surface area (Å²) in [4.78, 5) is 25.7. The number of rotatable bonds is 4. The van der Waals surface area contributed by atoms with Gasteiger partial charge in [0.25, 0.3) is 0 Å². The number of hydrogen-bond donors (Lipinski definition) is 1. The Balaban J connectivity index is 2.13. The van der Waals surface area contributed by atoms with Gasteiger partial charge in [0.1, 0.15) is 0 Å². The third-order valence-electron chi connectivity index (χ3n) is 3.37. The molecule has 1 heterocycles. The third-order valence-corrected chi connectivity index (χ3v) is 3.86. The highest BCUT2D eigenvalue weighted by atomic mass is 79.9. The predicted octanol–water partition coefficient (Wildman–Crippen LogP) is 2.41. The number of halogens is 1. The highest BCUT2D eigenvalue weighted by Gasteiger charge is 2.35. The zero-order chi connectivity index (χ0) is 14.7. The molecule has 1 aromatic rings. The number of benzene rings is 1. The fraction of sp³-hybridized carbons (Fsp3) is 0.333. The second-order valence-corrected chi connectivity index (χ2v) is 5.79. The van der Waals surface area contributed by atoms with Gasteiger partial charge in [0, 0.05) is 29.7 Å². The number of carbonyl (C=O) groups excluding carboxylic acids is 2. The minimum absolute atomic E-state index is 0.00539. The third kappa shape index (κ3) is 3.10. The minimum atomic E-state index is -0.287. The molecular weight excluding hydrogens is 320 g/mol. The molecule has 0 spiro atoms. The van der Waals surface area contributed by atoms with Crippen molar-refractivity contribution in [3.05, 3.63) is 40.9 Å². The van der Waals surface area contributed by atoms with Gasteiger partial charge in [-0.3, -0.25) is 9.59 Å². The van der Waals surface area contributed by atoms with Gasteiger partial charge in [-0.25, -0.2) is 0 Å². The van der Waals surface area contributed by atoms with Crippen LogP contribution in [0.5, 0.6) is 0 Å². The fourth-order valence-electron chi connectivity index (χ4n) is 2.35. The molecule has 1 N–H and O–H groups in total. The number of carbonyl (C=O) groups is 2. The lowest BCUT2D eigenvalue weighted by molar-refractivity contribution is -0.126. The normalized spacial score (nSPS) is 18.2. The maximum atomic E-state index is 12.1. The van der Waals surface area contributed by atoms with Crippen molar-refractivity contribution in [2.75, 3.05) is 18.0 Å². The Kier molecular flexibility index (Phi) is 4.60. The van der Waals surface area contributed by atoms with Crippen molar-refractivity contribution >= 4 is 33.4 Å². The van der Waals surface area contributed by atoms with Crippen molar-refractivity contribution in [2.45, 2.75) is 13.3 Å². The molecule has 0 aromatic heterocycles. The van der Waals surface area contributed by atoms with Crippen molar-refractivity contribution in [3.8, 4) is 0 Å². The highest BCUT2D eigenvalue weighted by molar-refractivity contribution is 9.10. The maximum absolute atomic E-state index is 12.1. The van der Waals surface area contributed by atoms with E-state index in [9.17, 15) is 9.59 Å². The van der Waals surface area contributed by atoms with E-state index < -0.39 is 0 Å². The smallest absolute Gasteiger partial charge is 0.227 e. The Morgan fingerprint density at radius 3 is 3.00 bits per heavy atom. The molecule has 0 unspecified atom stereocenters. The van der Waals surface area contributed by atoms with Crippen LogP contribution in [0.2, 0.25) is 0 Å². The standard InChI is InChI=1S/C15H17BrN2O2/c1-3-6-17-15(20)11-8-14(19)18(9-11)13-5-4-12(16)7-10(13)2/h3-5,7,11H,1,6,8-9H2,2H3,(H,17,20)/t11-/m1/s1. The van der Waals surface area contributed by atoms with E-state index >= 15 is 0 Å². The largest absolute Gasteiger partial charge is 0.352 e. The van der Waals surface area contributed by atoms with Gasteiger partial charge < -0.3 is 10.2 Å². The molecule has 0 aliphatic carbocycles. The summed E-state index contributed by atoms with van der Waals surface area (Å²) in [5, 5.41) is 2.75. The second-order valence-electron chi connectivity index (χ2n) is 4.87. The lowest BCUT2D eigenvalue weighted by Gasteiger charge is -2.19. The average molecular weight is 337 g/mol. The fourth-order valence-corrected chi connectivity index (χ4v) is 2.83. The molecule has 106 valence electrons. The van der Waals surface area contributed by atoms with Gasteiger partial charge in [-0.15, -0.1) is 6.58 Å². The molecule has 0 bridgehead atoms. The van der Waals surface area contributed by atoms with E-state index in [-0.39, 0.29) is 24.2 Å². The van der Waals surface area contributed by atoms with Gasteiger partial charge >= 0.3 is 0 Å². The topological polar surface area (TPSA) is 49.4 Å². The van der Waals surface area contributed by atoms with Gasteiger partial charge in [-0.2, -0.15) is 0 Å². The summed E-state index contributed by atoms with van der Waals surface area (Å²) >= 11 is 3.41. The van der Waals surface area contributed by atoms with Crippen LogP contribution in [-0.4, -0.2) is 24.9 Å². The molecule has 1 saturated heterocycles. The van der Waals surface area contributed by atoms with E-state index in [4.69, 9.17) is 0 Å². The summed E-state index contributed by atoms with van der Waals surface area (Å²) in [6.07, 6.45) is 1.89. The molecule has 2 amide bonds. The molecule has 0 saturated carbocycles. The average Bonchev–Trinajstić information content (AvgIpc) is 2.78. The summed E-state index contributed by atoms with van der Waals surface area (Å²) in [7, 11) is 0. The Labute approximate surface area is 127 Å². The second kappa shape index (κ2) is 6.22. The summed E-state index contributed by atoms with van der Waals surface area (Å²) in [5.41, 5.74) is 1.89. The molecular formula is C15H17BrN2O2. The SMILES string of the molecule is C=CCNC(=O)[C@@H]1CC(=O)N(c2ccc(Br)cc2C)C1. The molecule has 2 rings (SSSR count). The predicted molar refractivity (Wildman–Crippen MR) is 82.5 cm³/mol. The molecule has 1 aliphatic heterocycles. The first-order valence-corrected chi connectivity index (χ1v) is 7.27. The van der Waals surface area contributed by atoms with Crippen molar-refractivity contribution in [1.82, 2.24) is 5.32 Å². The zero-order valence-electron chi connectivity index (χ0n) is 11.4. The molecule has 20 heavy (non-hydrogen) atoms. The molecule has 1 aliphatic rings. The molecule has 4 nitrogen and oxygen atoms in total. The van der Waals surface area contributed by atoms with Crippen molar-refractivity contribution in [3.63, 3.8) is 0 Å². The Bertz CT molecular complexity index is 557. The quantitative estimate of drug-likeness (QED) is 0.858. The minimum Gasteiger partial charge on any atom is -0.352 e. The number of nitrogens with zero attached hydrogens (tertiary/aromatic N) is 1. The maximum Gasteiger partial charge on any atom is 0.227 e. The van der Waals surface area contributed by atoms with E-state index in [1.54, 1.807) is 11.0 Å². The summed E-state index contributed by atoms with van der Waals surface area (Å²) < 4.78 is 0.977. The van der Waals surface area contributed by atoms with Gasteiger partial charge in [-0.05, 0) is 30.7 Å². The molecule has 1 atom stereocenters. The van der Waals surface area contributed by atoms with Crippen molar-refractivity contribution in [2.24, 2.45) is 5.92 Å². The van der Waals surface area contributed by atoms with Crippen LogP contribution in [-0.2, 0) is 9.59 Å². The van der Waals surface area contributed by atoms with Crippen LogP contribution in [0, 0.1) is 12.8 Å². The molecule has 5 heteroatoms. The number of aryl methyl sites for hydroxylation is 1. The van der Waals surface area contributed by atoms with Crippen molar-refractivity contribution in [1.29, 1.82) is 0 Å². The highest BCUT2D eigenvalue weighted by Crippen LogP contribution is 2.29. The summed E-state index contributed by atoms with van der Waals surface area (Å²) in [6, 6.07) is 5.77. The van der Waals surface area contributed by atoms with Gasteiger partial charge in [0.15, 0.2) is 0 Å². The van der Waals surface area contributed by atoms with E-state index in [2.05, 4.69) is 27.8 Å². The van der Waals surface area contributed by atoms with E-state index in [1.165, 1.54) is 0 Å². The number of hydrogen-bond acceptors (Lipinski definition) is 2. The van der Waals surface area contributed by atoms with Crippen LogP contribution in [0.3, 0.4) is 0 Å². The number of nitrogens with one attached hydrogen (secondary N) is 1. The summed E-state index contributed by atoms with van der Waals surface area (Å²) in [6.45, 7) is 6.38. The van der Waals surface area contributed by atoms with Crippen molar-refractivity contribution < 1.29 is 9.59 Å². The Morgan fingerprint density at radius 2 is 2.35 bits per heavy atom. The van der Waals surface area contributed by atoms with E-state index in [0.29, 0.717) is 13.1 Å². The van der Waals surface area contributed by atoms with Crippen LogP contribution in [0.15, 0.2) is 35.3 Å². The Morgan fingerprint density at radius 1 is 1.60 bits per heavy atom. The number of amides is 2. The van der Waals surface area contributed by atoms with Gasteiger partial charge in [0.05, 0.1) is 5.92 Å². The summed E-state index contributed by atoms with van der Waals surface area (Å²) in [5.74, 6) is -0.379. The number of anilines is 1. The Hall–Kier alpha value is -1.62. The molecule has 1 fully saturated rings. The zero-order valence-corrected chi connectivity index (χ0v) is 12.9. The molecule has 1 aromatic carbocycles. The van der Waals surface area contributed by atoms with Crippen LogP contribution in [0.1, 0.15) is 12.0 Å². The lowest BCUT2D eigenvalue weighted by atomic mass is 10.1. The first-order chi connectivity index (χ1) is 9.52. The van der Waals surface area contributed by atoms with Crippen LogP contribution in [0.25, 0.3) is 0 Å². The van der Waals surface area contributed by atoms with Crippen LogP contribution in [0.4, 0.5) is 5.69 Å². The van der Waals surface area contributed by atoms with Crippen LogP contribution < -0.4 is 10.2 Å². The van der Waals surface area contributed by atoms with E-state index in [1.807, 2.05) is 25.1 Å². The van der Waals surface area contributed by atoms with E-state index in [0.717, 1.165) is 15.7 Å². The monoisotopic (exact) mass is 336 g/mol. The first-order valence-electron chi connectivity index (χ1n) is 6.48. The molecule has 0 radical (unpaired) electrons. The first kappa shape index (κ1) is 14.8. The van der Waals surface area contributed by atoms with Gasteiger partial charge in [-0.1, -0.05) is 22.0 Å². The van der Waals surface area contributed by atoms with Crippen LogP contribution >= 0.6 is 15.9 Å². The van der Waals surface area contributed by atoms with Gasteiger partial charge in [0.2, 0.25) is 11.8 Å². The lowest BCUT2D eigenvalue weighted by Crippen LogP contribution is -2.33.